The van der Waals surface area contributed by atoms with Gasteiger partial charge in [0.1, 0.15) is 0 Å². The van der Waals surface area contributed by atoms with Gasteiger partial charge in [-0.05, 0) is 12.3 Å². The van der Waals surface area contributed by atoms with Crippen molar-refractivity contribution in [2.75, 3.05) is 13.1 Å². The molecule has 2 unspecified atom stereocenters. The Morgan fingerprint density at radius 2 is 2.21 bits per heavy atom. The molecule has 2 rings (SSSR count). The van der Waals surface area contributed by atoms with Gasteiger partial charge in [0.05, 0.1) is 12.2 Å². The minimum Gasteiger partial charge on any atom is -0.481 e. The van der Waals surface area contributed by atoms with Gasteiger partial charge < -0.3 is 9.67 Å². The number of piperidine rings is 1. The lowest BCUT2D eigenvalue weighted by molar-refractivity contribution is -0.144. The molecule has 1 aliphatic heterocycles. The fourth-order valence-electron chi connectivity index (χ4n) is 2.23. The fourth-order valence-corrected chi connectivity index (χ4v) is 3.68. The molecule has 19 heavy (non-hydrogen) atoms. The maximum atomic E-state index is 12.3. The predicted molar refractivity (Wildman–Crippen MR) is 66.9 cm³/mol. The van der Waals surface area contributed by atoms with E-state index >= 15 is 0 Å². The van der Waals surface area contributed by atoms with Gasteiger partial charge in [-0.15, -0.1) is 0 Å². The number of nitrogens with zero attached hydrogens (tertiary/aromatic N) is 3. The van der Waals surface area contributed by atoms with Crippen LogP contribution >= 0.6 is 0 Å². The molecular weight excluding hydrogens is 270 g/mol. The van der Waals surface area contributed by atoms with Gasteiger partial charge in [-0.2, -0.15) is 4.31 Å². The van der Waals surface area contributed by atoms with Crippen LogP contribution in [0.15, 0.2) is 17.6 Å². The number of carboxylic acids is 1. The van der Waals surface area contributed by atoms with Crippen molar-refractivity contribution in [3.05, 3.63) is 12.5 Å². The maximum Gasteiger partial charge on any atom is 0.308 e. The van der Waals surface area contributed by atoms with Crippen molar-refractivity contribution in [2.24, 2.45) is 18.9 Å². The molecule has 1 fully saturated rings. The Kier molecular flexibility index (Phi) is 3.64. The quantitative estimate of drug-likeness (QED) is 0.854. The lowest BCUT2D eigenvalue weighted by atomic mass is 9.88. The summed E-state index contributed by atoms with van der Waals surface area (Å²) >= 11 is 0. The molecule has 1 aliphatic rings. The van der Waals surface area contributed by atoms with Crippen LogP contribution < -0.4 is 0 Å². The Morgan fingerprint density at radius 3 is 2.74 bits per heavy atom. The zero-order valence-electron chi connectivity index (χ0n) is 10.9. The van der Waals surface area contributed by atoms with Crippen molar-refractivity contribution in [1.29, 1.82) is 0 Å². The van der Waals surface area contributed by atoms with E-state index in [2.05, 4.69) is 4.98 Å². The van der Waals surface area contributed by atoms with Crippen LogP contribution in [0.1, 0.15) is 13.3 Å². The normalized spacial score (nSPS) is 25.4. The molecule has 0 radical (unpaired) electrons. The number of carbonyl (C=O) groups is 1. The van der Waals surface area contributed by atoms with Crippen LogP contribution in [0.4, 0.5) is 0 Å². The average Bonchev–Trinajstić information content (AvgIpc) is 2.76. The monoisotopic (exact) mass is 287 g/mol. The number of aryl methyl sites for hydroxylation is 1. The highest BCUT2D eigenvalue weighted by molar-refractivity contribution is 7.89. The van der Waals surface area contributed by atoms with Crippen molar-refractivity contribution in [2.45, 2.75) is 18.4 Å². The van der Waals surface area contributed by atoms with E-state index in [9.17, 15) is 13.2 Å². The van der Waals surface area contributed by atoms with E-state index in [1.165, 1.54) is 16.8 Å². The zero-order chi connectivity index (χ0) is 14.2. The van der Waals surface area contributed by atoms with Crippen molar-refractivity contribution in [3.63, 3.8) is 0 Å². The maximum absolute atomic E-state index is 12.3. The van der Waals surface area contributed by atoms with E-state index in [0.29, 0.717) is 13.0 Å². The molecule has 1 saturated heterocycles. The smallest absolute Gasteiger partial charge is 0.308 e. The summed E-state index contributed by atoms with van der Waals surface area (Å²) < 4.78 is 27.4. The van der Waals surface area contributed by atoms with Gasteiger partial charge in [0.25, 0.3) is 10.0 Å². The number of aromatic nitrogens is 2. The summed E-state index contributed by atoms with van der Waals surface area (Å²) in [5, 5.41) is 9.09. The van der Waals surface area contributed by atoms with E-state index < -0.39 is 21.9 Å². The van der Waals surface area contributed by atoms with Gasteiger partial charge in [-0.25, -0.2) is 13.4 Å². The Bertz CT molecular complexity index is 581. The number of imidazole rings is 1. The lowest BCUT2D eigenvalue weighted by Gasteiger charge is -2.33. The number of sulfonamides is 1. The van der Waals surface area contributed by atoms with Crippen LogP contribution in [0.5, 0.6) is 0 Å². The summed E-state index contributed by atoms with van der Waals surface area (Å²) in [5.41, 5.74) is 0. The van der Waals surface area contributed by atoms with Gasteiger partial charge in [0, 0.05) is 26.3 Å². The van der Waals surface area contributed by atoms with Crippen molar-refractivity contribution >= 4 is 16.0 Å². The van der Waals surface area contributed by atoms with Crippen molar-refractivity contribution in [3.8, 4) is 0 Å². The van der Waals surface area contributed by atoms with E-state index in [-0.39, 0.29) is 17.5 Å². The third kappa shape index (κ3) is 2.64. The predicted octanol–water partition coefficient (Wildman–Crippen LogP) is 0.151. The summed E-state index contributed by atoms with van der Waals surface area (Å²) in [5.74, 6) is -1.63. The van der Waals surface area contributed by atoms with E-state index in [0.717, 1.165) is 0 Å². The average molecular weight is 287 g/mol. The first-order valence-corrected chi connectivity index (χ1v) is 7.47. The molecule has 0 saturated carbocycles. The fraction of sp³-hybridized carbons (Fsp3) is 0.636. The highest BCUT2D eigenvalue weighted by Crippen LogP contribution is 2.27. The molecule has 8 heteroatoms. The van der Waals surface area contributed by atoms with Crippen LogP contribution in [0.25, 0.3) is 0 Å². The van der Waals surface area contributed by atoms with Crippen molar-refractivity contribution < 1.29 is 18.3 Å². The number of carboxylic acid groups (broad SMARTS) is 1. The number of rotatable bonds is 3. The highest BCUT2D eigenvalue weighted by Gasteiger charge is 2.37. The third-order valence-electron chi connectivity index (χ3n) is 3.52. The molecule has 1 aromatic heterocycles. The first-order chi connectivity index (χ1) is 8.82. The molecule has 106 valence electrons. The van der Waals surface area contributed by atoms with Gasteiger partial charge >= 0.3 is 5.97 Å². The molecule has 7 nitrogen and oxygen atoms in total. The summed E-state index contributed by atoms with van der Waals surface area (Å²) in [6.07, 6.45) is 3.38. The van der Waals surface area contributed by atoms with Crippen LogP contribution in [-0.2, 0) is 21.9 Å². The standard InChI is InChI=1S/C11H17N3O4S/c1-8-3-4-14(5-9(8)11(15)16)19(17,18)10-6-13(2)7-12-10/h6-9H,3-5H2,1-2H3,(H,15,16). The summed E-state index contributed by atoms with van der Waals surface area (Å²) in [4.78, 5) is 15.0. The second kappa shape index (κ2) is 4.93. The summed E-state index contributed by atoms with van der Waals surface area (Å²) in [7, 11) is -2.01. The van der Waals surface area contributed by atoms with Gasteiger partial charge in [-0.1, -0.05) is 6.92 Å². The first-order valence-electron chi connectivity index (χ1n) is 6.03. The van der Waals surface area contributed by atoms with Gasteiger partial charge in [0.15, 0.2) is 5.03 Å². The van der Waals surface area contributed by atoms with Crippen LogP contribution in [-0.4, -0.2) is 46.4 Å². The minimum absolute atomic E-state index is 0.00933. The van der Waals surface area contributed by atoms with Crippen LogP contribution in [0, 0.1) is 11.8 Å². The second-order valence-electron chi connectivity index (χ2n) is 4.95. The number of hydrogen-bond donors (Lipinski definition) is 1. The molecule has 0 spiro atoms. The molecule has 1 aromatic rings. The molecule has 2 atom stereocenters. The Labute approximate surface area is 111 Å². The Balaban J connectivity index is 2.25. The van der Waals surface area contributed by atoms with Crippen LogP contribution in [0.2, 0.25) is 0 Å². The molecule has 1 N–H and O–H groups in total. The number of hydrogen-bond acceptors (Lipinski definition) is 4. The van der Waals surface area contributed by atoms with E-state index in [1.807, 2.05) is 6.92 Å². The largest absolute Gasteiger partial charge is 0.481 e. The van der Waals surface area contributed by atoms with E-state index in [4.69, 9.17) is 5.11 Å². The summed E-state index contributed by atoms with van der Waals surface area (Å²) in [6.45, 7) is 2.18. The Morgan fingerprint density at radius 1 is 1.53 bits per heavy atom. The zero-order valence-corrected chi connectivity index (χ0v) is 11.7. The molecule has 2 heterocycles. The van der Waals surface area contributed by atoms with Crippen LogP contribution in [0.3, 0.4) is 0 Å². The van der Waals surface area contributed by atoms with E-state index in [1.54, 1.807) is 11.6 Å². The highest BCUT2D eigenvalue weighted by atomic mass is 32.2. The lowest BCUT2D eigenvalue weighted by Crippen LogP contribution is -2.45. The molecule has 0 aromatic carbocycles. The molecular formula is C11H17N3O4S. The third-order valence-corrected chi connectivity index (χ3v) is 5.27. The molecule has 0 amide bonds. The first kappa shape index (κ1) is 14.0. The number of aliphatic carboxylic acids is 1. The minimum atomic E-state index is -3.69. The SMILES string of the molecule is CC1CCN(S(=O)(=O)c2cn(C)cn2)CC1C(=O)O. The molecule has 0 bridgehead atoms. The topological polar surface area (TPSA) is 92.5 Å². The Hall–Kier alpha value is -1.41. The van der Waals surface area contributed by atoms with Crippen molar-refractivity contribution in [1.82, 2.24) is 13.9 Å². The molecule has 0 aliphatic carbocycles. The van der Waals surface area contributed by atoms with Gasteiger partial charge in [-0.3, -0.25) is 4.79 Å². The second-order valence-corrected chi connectivity index (χ2v) is 6.84. The summed E-state index contributed by atoms with van der Waals surface area (Å²) in [6, 6.07) is 0. The van der Waals surface area contributed by atoms with Gasteiger partial charge in [0.2, 0.25) is 0 Å².